The summed E-state index contributed by atoms with van der Waals surface area (Å²) in [5.74, 6) is 1.44. The molecule has 1 saturated heterocycles. The zero-order valence-corrected chi connectivity index (χ0v) is 11.0. The summed E-state index contributed by atoms with van der Waals surface area (Å²) in [6, 6.07) is 0.732. The van der Waals surface area contributed by atoms with Crippen LogP contribution in [0.3, 0.4) is 0 Å². The van der Waals surface area contributed by atoms with Gasteiger partial charge in [-0.15, -0.1) is 0 Å². The van der Waals surface area contributed by atoms with Crippen LogP contribution in [0, 0.1) is 11.8 Å². The average Bonchev–Trinajstić information content (AvgIpc) is 2.39. The molecule has 0 aromatic rings. The zero-order valence-electron chi connectivity index (χ0n) is 11.0. The largest absolute Gasteiger partial charge is 0.396 e. The van der Waals surface area contributed by atoms with Crippen molar-refractivity contribution in [1.82, 2.24) is 4.90 Å². The number of piperidine rings is 1. The van der Waals surface area contributed by atoms with Crippen LogP contribution in [0.15, 0.2) is 0 Å². The number of hydrogen-bond donors (Lipinski definition) is 2. The van der Waals surface area contributed by atoms with Crippen molar-refractivity contribution in [2.45, 2.75) is 51.0 Å². The van der Waals surface area contributed by atoms with Gasteiger partial charge in [-0.2, -0.15) is 0 Å². The molecule has 0 aromatic heterocycles. The number of likely N-dealkylation sites (tertiary alicyclic amines) is 1. The van der Waals surface area contributed by atoms with E-state index in [-0.39, 0.29) is 0 Å². The molecule has 3 atom stereocenters. The highest BCUT2D eigenvalue weighted by atomic mass is 16.3. The Balaban J connectivity index is 1.90. The smallest absolute Gasteiger partial charge is 0.0434 e. The number of hydrogen-bond acceptors (Lipinski definition) is 3. The van der Waals surface area contributed by atoms with Gasteiger partial charge in [0.2, 0.25) is 0 Å². The lowest BCUT2D eigenvalue weighted by molar-refractivity contribution is 0.0572. The molecular formula is C14H28N2O. The molecule has 2 aliphatic rings. The average molecular weight is 240 g/mol. The Kier molecular flexibility index (Phi) is 5.26. The van der Waals surface area contributed by atoms with Crippen molar-refractivity contribution in [2.75, 3.05) is 26.2 Å². The second-order valence-electron chi connectivity index (χ2n) is 5.86. The molecule has 0 spiro atoms. The van der Waals surface area contributed by atoms with Gasteiger partial charge in [0.05, 0.1) is 0 Å². The van der Waals surface area contributed by atoms with Gasteiger partial charge in [-0.25, -0.2) is 0 Å². The first-order chi connectivity index (χ1) is 8.35. The Morgan fingerprint density at radius 1 is 1.12 bits per heavy atom. The van der Waals surface area contributed by atoms with Gasteiger partial charge in [0.25, 0.3) is 0 Å². The lowest BCUT2D eigenvalue weighted by atomic mass is 9.82. The van der Waals surface area contributed by atoms with Crippen LogP contribution in [0.25, 0.3) is 0 Å². The molecule has 0 aromatic carbocycles. The number of rotatable bonds is 4. The van der Waals surface area contributed by atoms with Crippen LogP contribution in [0.5, 0.6) is 0 Å². The molecule has 1 aliphatic carbocycles. The first-order valence-corrected chi connectivity index (χ1v) is 7.40. The molecule has 100 valence electrons. The first-order valence-electron chi connectivity index (χ1n) is 7.40. The van der Waals surface area contributed by atoms with Gasteiger partial charge in [0, 0.05) is 19.2 Å². The van der Waals surface area contributed by atoms with Crippen molar-refractivity contribution in [3.8, 4) is 0 Å². The topological polar surface area (TPSA) is 49.5 Å². The third-order valence-electron chi connectivity index (χ3n) is 4.73. The molecule has 1 heterocycles. The molecule has 0 radical (unpaired) electrons. The monoisotopic (exact) mass is 240 g/mol. The van der Waals surface area contributed by atoms with Crippen molar-refractivity contribution in [3.05, 3.63) is 0 Å². The van der Waals surface area contributed by atoms with Crippen molar-refractivity contribution >= 4 is 0 Å². The standard InChI is InChI=1S/C14H28N2O/c15-10-13-5-1-2-6-14(13)16-8-3-4-12(11-16)7-9-17/h12-14,17H,1-11,15H2. The fourth-order valence-corrected chi connectivity index (χ4v) is 3.76. The second-order valence-corrected chi connectivity index (χ2v) is 5.86. The minimum Gasteiger partial charge on any atom is -0.396 e. The number of aliphatic hydroxyl groups excluding tert-OH is 1. The molecule has 2 fully saturated rings. The Labute approximate surface area is 105 Å². The van der Waals surface area contributed by atoms with Crippen LogP contribution >= 0.6 is 0 Å². The SMILES string of the molecule is NCC1CCCCC1N1CCCC(CCO)C1. The molecule has 0 bridgehead atoms. The highest BCUT2D eigenvalue weighted by molar-refractivity contribution is 4.87. The highest BCUT2D eigenvalue weighted by Gasteiger charge is 2.31. The second kappa shape index (κ2) is 6.72. The lowest BCUT2D eigenvalue weighted by Gasteiger charge is -2.43. The maximum Gasteiger partial charge on any atom is 0.0434 e. The molecule has 3 nitrogen and oxygen atoms in total. The summed E-state index contributed by atoms with van der Waals surface area (Å²) in [7, 11) is 0. The summed E-state index contributed by atoms with van der Waals surface area (Å²) < 4.78 is 0. The van der Waals surface area contributed by atoms with E-state index in [1.807, 2.05) is 0 Å². The van der Waals surface area contributed by atoms with E-state index in [2.05, 4.69) is 4.90 Å². The number of nitrogens with zero attached hydrogens (tertiary/aromatic N) is 1. The van der Waals surface area contributed by atoms with Gasteiger partial charge in [0.15, 0.2) is 0 Å². The van der Waals surface area contributed by atoms with E-state index in [1.165, 1.54) is 51.6 Å². The zero-order chi connectivity index (χ0) is 12.1. The summed E-state index contributed by atoms with van der Waals surface area (Å²) in [4.78, 5) is 2.68. The van der Waals surface area contributed by atoms with Gasteiger partial charge in [-0.1, -0.05) is 12.8 Å². The number of aliphatic hydroxyl groups is 1. The van der Waals surface area contributed by atoms with Crippen LogP contribution < -0.4 is 5.73 Å². The predicted molar refractivity (Wildman–Crippen MR) is 70.8 cm³/mol. The lowest BCUT2D eigenvalue weighted by Crippen LogP contribution is -2.49. The summed E-state index contributed by atoms with van der Waals surface area (Å²) in [5.41, 5.74) is 5.93. The van der Waals surface area contributed by atoms with E-state index in [0.29, 0.717) is 12.5 Å². The summed E-state index contributed by atoms with van der Waals surface area (Å²) in [5, 5.41) is 9.07. The maximum absolute atomic E-state index is 9.07. The fourth-order valence-electron chi connectivity index (χ4n) is 3.76. The van der Waals surface area contributed by atoms with E-state index in [4.69, 9.17) is 10.8 Å². The number of nitrogens with two attached hydrogens (primary N) is 1. The van der Waals surface area contributed by atoms with Crippen LogP contribution in [0.1, 0.15) is 44.9 Å². The predicted octanol–water partition coefficient (Wildman–Crippen LogP) is 1.60. The molecule has 3 unspecified atom stereocenters. The Morgan fingerprint density at radius 3 is 2.71 bits per heavy atom. The van der Waals surface area contributed by atoms with Crippen molar-refractivity contribution in [1.29, 1.82) is 0 Å². The van der Waals surface area contributed by atoms with Crippen LogP contribution in [-0.2, 0) is 0 Å². The van der Waals surface area contributed by atoms with E-state index in [1.54, 1.807) is 0 Å². The first kappa shape index (κ1) is 13.3. The van der Waals surface area contributed by atoms with Gasteiger partial charge >= 0.3 is 0 Å². The normalized spacial score (nSPS) is 36.0. The Morgan fingerprint density at radius 2 is 1.94 bits per heavy atom. The third-order valence-corrected chi connectivity index (χ3v) is 4.73. The van der Waals surface area contributed by atoms with Crippen molar-refractivity contribution in [2.24, 2.45) is 17.6 Å². The van der Waals surface area contributed by atoms with E-state index in [9.17, 15) is 0 Å². The molecule has 17 heavy (non-hydrogen) atoms. The third kappa shape index (κ3) is 3.43. The van der Waals surface area contributed by atoms with Gasteiger partial charge < -0.3 is 10.8 Å². The highest BCUT2D eigenvalue weighted by Crippen LogP contribution is 2.31. The molecule has 1 aliphatic heterocycles. The van der Waals surface area contributed by atoms with Crippen LogP contribution in [0.2, 0.25) is 0 Å². The molecule has 3 heteroatoms. The molecular weight excluding hydrogens is 212 g/mol. The maximum atomic E-state index is 9.07. The van der Waals surface area contributed by atoms with Crippen LogP contribution in [-0.4, -0.2) is 42.3 Å². The van der Waals surface area contributed by atoms with Gasteiger partial charge in [0.1, 0.15) is 0 Å². The van der Waals surface area contributed by atoms with Gasteiger partial charge in [-0.3, -0.25) is 4.90 Å². The minimum absolute atomic E-state index is 0.351. The van der Waals surface area contributed by atoms with Gasteiger partial charge in [-0.05, 0) is 57.0 Å². The van der Waals surface area contributed by atoms with E-state index < -0.39 is 0 Å². The fraction of sp³-hybridized carbons (Fsp3) is 1.00. The molecule has 3 N–H and O–H groups in total. The Hall–Kier alpha value is -0.120. The summed E-state index contributed by atoms with van der Waals surface area (Å²) >= 11 is 0. The van der Waals surface area contributed by atoms with Crippen molar-refractivity contribution < 1.29 is 5.11 Å². The molecule has 0 amide bonds. The van der Waals surface area contributed by atoms with Crippen LogP contribution in [0.4, 0.5) is 0 Å². The molecule has 2 rings (SSSR count). The Bertz CT molecular complexity index is 220. The quantitative estimate of drug-likeness (QED) is 0.785. The van der Waals surface area contributed by atoms with E-state index in [0.717, 1.165) is 24.9 Å². The summed E-state index contributed by atoms with van der Waals surface area (Å²) in [6.07, 6.45) is 9.00. The minimum atomic E-state index is 0.351. The van der Waals surface area contributed by atoms with E-state index >= 15 is 0 Å². The van der Waals surface area contributed by atoms with Crippen molar-refractivity contribution in [3.63, 3.8) is 0 Å². The molecule has 1 saturated carbocycles. The summed E-state index contributed by atoms with van der Waals surface area (Å²) in [6.45, 7) is 3.65.